The van der Waals surface area contributed by atoms with Gasteiger partial charge in [0, 0.05) is 25.5 Å². The molecule has 1 aliphatic rings. The van der Waals surface area contributed by atoms with E-state index in [1.165, 1.54) is 6.42 Å². The number of ether oxygens (including phenoxy) is 1. The highest BCUT2D eigenvalue weighted by Crippen LogP contribution is 2.21. The molecule has 0 radical (unpaired) electrons. The largest absolute Gasteiger partial charge is 0.481 e. The van der Waals surface area contributed by atoms with Crippen LogP contribution in [0.5, 0.6) is 0 Å². The molecule has 0 amide bonds. The Bertz CT molecular complexity index is 677. The summed E-state index contributed by atoms with van der Waals surface area (Å²) in [6.45, 7) is 1.51. The van der Waals surface area contributed by atoms with Crippen LogP contribution in [0.1, 0.15) is 36.4 Å². The van der Waals surface area contributed by atoms with E-state index in [1.807, 2.05) is 10.8 Å². The minimum Gasteiger partial charge on any atom is -0.481 e. The van der Waals surface area contributed by atoms with Gasteiger partial charge in [-0.15, -0.1) is 0 Å². The zero-order chi connectivity index (χ0) is 16.9. The third-order valence-corrected chi connectivity index (χ3v) is 4.28. The van der Waals surface area contributed by atoms with Gasteiger partial charge in [0.1, 0.15) is 11.7 Å². The Hall–Kier alpha value is -2.41. The molecule has 24 heavy (non-hydrogen) atoms. The average molecular weight is 330 g/mol. The summed E-state index contributed by atoms with van der Waals surface area (Å²) in [5.74, 6) is -1.18. The highest BCUT2D eigenvalue weighted by Gasteiger charge is 2.24. The number of pyridine rings is 1. The number of carboxylic acid groups (broad SMARTS) is 1. The molecular formula is C17H22N4O3. The lowest BCUT2D eigenvalue weighted by molar-refractivity contribution is -0.138. The van der Waals surface area contributed by atoms with Gasteiger partial charge in [-0.05, 0) is 37.3 Å². The molecule has 1 fully saturated rings. The number of nitrogen functional groups attached to an aromatic ring is 1. The molecule has 1 saturated heterocycles. The SMILES string of the molecule is Nc1ccc(CC(C(=O)O)c2cn(CC3CCCCO3)cn2)cn1. The fraction of sp³-hybridized carbons (Fsp3) is 0.471. The molecule has 0 bridgehead atoms. The molecule has 0 aromatic carbocycles. The van der Waals surface area contributed by atoms with Gasteiger partial charge in [-0.25, -0.2) is 9.97 Å². The van der Waals surface area contributed by atoms with Crippen molar-refractivity contribution >= 4 is 11.8 Å². The number of hydrogen-bond acceptors (Lipinski definition) is 5. The van der Waals surface area contributed by atoms with E-state index in [0.717, 1.165) is 25.0 Å². The number of imidazole rings is 1. The van der Waals surface area contributed by atoms with E-state index < -0.39 is 11.9 Å². The van der Waals surface area contributed by atoms with Crippen LogP contribution in [-0.4, -0.2) is 38.3 Å². The second-order valence-electron chi connectivity index (χ2n) is 6.17. The van der Waals surface area contributed by atoms with Crippen LogP contribution in [0.15, 0.2) is 30.9 Å². The van der Waals surface area contributed by atoms with Gasteiger partial charge in [0.15, 0.2) is 0 Å². The topological polar surface area (TPSA) is 103 Å². The molecule has 3 rings (SSSR count). The summed E-state index contributed by atoms with van der Waals surface area (Å²) in [6, 6.07) is 3.47. The Balaban J connectivity index is 1.69. The van der Waals surface area contributed by atoms with E-state index in [2.05, 4.69) is 9.97 Å². The average Bonchev–Trinajstić information content (AvgIpc) is 3.03. The van der Waals surface area contributed by atoms with Crippen molar-refractivity contribution < 1.29 is 14.6 Å². The summed E-state index contributed by atoms with van der Waals surface area (Å²) in [5.41, 5.74) is 6.94. The Labute approximate surface area is 140 Å². The van der Waals surface area contributed by atoms with E-state index >= 15 is 0 Å². The monoisotopic (exact) mass is 330 g/mol. The molecule has 2 atom stereocenters. The molecule has 7 heteroatoms. The quantitative estimate of drug-likeness (QED) is 0.837. The van der Waals surface area contributed by atoms with Gasteiger partial charge in [-0.3, -0.25) is 4.79 Å². The van der Waals surface area contributed by atoms with Gasteiger partial charge in [0.25, 0.3) is 0 Å². The van der Waals surface area contributed by atoms with Gasteiger partial charge in [0.2, 0.25) is 0 Å². The zero-order valence-corrected chi connectivity index (χ0v) is 13.5. The summed E-state index contributed by atoms with van der Waals surface area (Å²) < 4.78 is 7.64. The lowest BCUT2D eigenvalue weighted by atomic mass is 9.98. The predicted molar refractivity (Wildman–Crippen MR) is 88.5 cm³/mol. The summed E-state index contributed by atoms with van der Waals surface area (Å²) in [6.07, 6.45) is 8.94. The number of nitrogens with two attached hydrogens (primary N) is 1. The van der Waals surface area contributed by atoms with Crippen molar-refractivity contribution in [3.05, 3.63) is 42.1 Å². The lowest BCUT2D eigenvalue weighted by Gasteiger charge is -2.22. The summed E-state index contributed by atoms with van der Waals surface area (Å²) in [5, 5.41) is 9.55. The number of aromatic nitrogens is 3. The van der Waals surface area contributed by atoms with E-state index in [-0.39, 0.29) is 6.10 Å². The van der Waals surface area contributed by atoms with Crippen LogP contribution in [0.25, 0.3) is 0 Å². The van der Waals surface area contributed by atoms with E-state index in [0.29, 0.717) is 24.5 Å². The third kappa shape index (κ3) is 4.11. The smallest absolute Gasteiger partial charge is 0.312 e. The van der Waals surface area contributed by atoms with Crippen molar-refractivity contribution in [2.75, 3.05) is 12.3 Å². The van der Waals surface area contributed by atoms with Crippen LogP contribution in [0.2, 0.25) is 0 Å². The van der Waals surface area contributed by atoms with Crippen LogP contribution in [0.3, 0.4) is 0 Å². The first-order valence-electron chi connectivity index (χ1n) is 8.18. The molecule has 7 nitrogen and oxygen atoms in total. The minimum atomic E-state index is -0.897. The molecule has 2 aromatic heterocycles. The highest BCUT2D eigenvalue weighted by molar-refractivity contribution is 5.75. The van der Waals surface area contributed by atoms with Crippen LogP contribution >= 0.6 is 0 Å². The molecule has 0 aliphatic carbocycles. The third-order valence-electron chi connectivity index (χ3n) is 4.28. The standard InChI is InChI=1S/C17H22N4O3/c18-16-5-4-12(8-19-16)7-14(17(22)23)15-10-21(11-20-15)9-13-3-1-2-6-24-13/h4-5,8,10-11,13-14H,1-3,6-7,9H2,(H2,18,19)(H,22,23). The first-order valence-corrected chi connectivity index (χ1v) is 8.18. The van der Waals surface area contributed by atoms with Crippen LogP contribution in [0.4, 0.5) is 5.82 Å². The maximum atomic E-state index is 11.7. The number of rotatable bonds is 6. The molecule has 2 unspecified atom stereocenters. The number of carbonyl (C=O) groups is 1. The van der Waals surface area contributed by atoms with Crippen molar-refractivity contribution in [1.82, 2.24) is 14.5 Å². The number of hydrogen-bond donors (Lipinski definition) is 2. The number of carboxylic acids is 1. The van der Waals surface area contributed by atoms with Gasteiger partial charge in [-0.2, -0.15) is 0 Å². The molecule has 128 valence electrons. The summed E-state index contributed by atoms with van der Waals surface area (Å²) >= 11 is 0. The second kappa shape index (κ2) is 7.44. The minimum absolute atomic E-state index is 0.186. The summed E-state index contributed by atoms with van der Waals surface area (Å²) in [7, 11) is 0. The van der Waals surface area contributed by atoms with E-state index in [9.17, 15) is 9.90 Å². The fourth-order valence-corrected chi connectivity index (χ4v) is 2.95. The highest BCUT2D eigenvalue weighted by atomic mass is 16.5. The Morgan fingerprint density at radius 1 is 1.42 bits per heavy atom. The molecule has 0 spiro atoms. The lowest BCUT2D eigenvalue weighted by Crippen LogP contribution is -2.23. The van der Waals surface area contributed by atoms with Crippen LogP contribution in [-0.2, 0) is 22.5 Å². The van der Waals surface area contributed by atoms with Crippen molar-refractivity contribution in [1.29, 1.82) is 0 Å². The zero-order valence-electron chi connectivity index (χ0n) is 13.5. The molecule has 3 N–H and O–H groups in total. The maximum absolute atomic E-state index is 11.7. The van der Waals surface area contributed by atoms with E-state index in [4.69, 9.17) is 10.5 Å². The van der Waals surface area contributed by atoms with Gasteiger partial charge >= 0.3 is 5.97 Å². The van der Waals surface area contributed by atoms with E-state index in [1.54, 1.807) is 24.7 Å². The summed E-state index contributed by atoms with van der Waals surface area (Å²) in [4.78, 5) is 20.0. The molecular weight excluding hydrogens is 308 g/mol. The van der Waals surface area contributed by atoms with Crippen molar-refractivity contribution in [2.45, 2.75) is 44.2 Å². The number of nitrogens with zero attached hydrogens (tertiary/aromatic N) is 3. The van der Waals surface area contributed by atoms with Gasteiger partial charge in [-0.1, -0.05) is 6.07 Å². The second-order valence-corrected chi connectivity index (χ2v) is 6.17. The first kappa shape index (κ1) is 16.4. The normalized spacial score (nSPS) is 19.1. The Morgan fingerprint density at radius 2 is 2.29 bits per heavy atom. The fourth-order valence-electron chi connectivity index (χ4n) is 2.95. The maximum Gasteiger partial charge on any atom is 0.312 e. The van der Waals surface area contributed by atoms with Crippen LogP contribution in [0, 0.1) is 0 Å². The van der Waals surface area contributed by atoms with Crippen molar-refractivity contribution in [2.24, 2.45) is 0 Å². The molecule has 1 aliphatic heterocycles. The van der Waals surface area contributed by atoms with Crippen LogP contribution < -0.4 is 5.73 Å². The first-order chi connectivity index (χ1) is 11.6. The predicted octanol–water partition coefficient (Wildman–Crippen LogP) is 1.84. The van der Waals surface area contributed by atoms with Gasteiger partial charge < -0.3 is 20.1 Å². The van der Waals surface area contributed by atoms with Crippen molar-refractivity contribution in [3.63, 3.8) is 0 Å². The number of anilines is 1. The molecule has 2 aromatic rings. The number of aliphatic carboxylic acids is 1. The molecule has 3 heterocycles. The molecule has 0 saturated carbocycles. The van der Waals surface area contributed by atoms with Gasteiger partial charge in [0.05, 0.1) is 18.1 Å². The Kier molecular flexibility index (Phi) is 5.10. The Morgan fingerprint density at radius 3 is 2.96 bits per heavy atom. The van der Waals surface area contributed by atoms with Crippen molar-refractivity contribution in [3.8, 4) is 0 Å².